The number of nitrogens with zero attached hydrogens (tertiary/aromatic N) is 2. The van der Waals surface area contributed by atoms with Crippen LogP contribution in [0.15, 0.2) is 33.9 Å². The van der Waals surface area contributed by atoms with Gasteiger partial charge in [-0.15, -0.1) is 11.3 Å². The SMILES string of the molecule is CN=C(NCCc1ncc(C)s1)NCc1cc(Br)ccc1F. The molecule has 1 aromatic carbocycles. The number of thiazole rings is 1. The molecule has 0 aliphatic carbocycles. The standard InChI is InChI=1S/C15H18BrFN4S/c1-10-8-20-14(22-10)5-6-19-15(18-2)21-9-11-7-12(16)3-4-13(11)17/h3-4,7-8H,5-6,9H2,1-2H3,(H2,18,19,21). The maximum Gasteiger partial charge on any atom is 0.191 e. The molecule has 2 rings (SSSR count). The molecule has 0 radical (unpaired) electrons. The van der Waals surface area contributed by atoms with Crippen LogP contribution in [-0.4, -0.2) is 24.5 Å². The van der Waals surface area contributed by atoms with Gasteiger partial charge in [-0.25, -0.2) is 9.37 Å². The number of hydrogen-bond acceptors (Lipinski definition) is 3. The highest BCUT2D eigenvalue weighted by Crippen LogP contribution is 2.15. The minimum Gasteiger partial charge on any atom is -0.356 e. The molecule has 0 amide bonds. The van der Waals surface area contributed by atoms with Crippen molar-refractivity contribution in [3.63, 3.8) is 0 Å². The van der Waals surface area contributed by atoms with Gasteiger partial charge in [-0.2, -0.15) is 0 Å². The highest BCUT2D eigenvalue weighted by Gasteiger charge is 2.05. The monoisotopic (exact) mass is 384 g/mol. The van der Waals surface area contributed by atoms with Crippen LogP contribution in [0.3, 0.4) is 0 Å². The Bertz CT molecular complexity index is 657. The fourth-order valence-electron chi connectivity index (χ4n) is 1.88. The normalized spacial score (nSPS) is 11.5. The van der Waals surface area contributed by atoms with Crippen LogP contribution in [0.2, 0.25) is 0 Å². The fraction of sp³-hybridized carbons (Fsp3) is 0.333. The zero-order valence-corrected chi connectivity index (χ0v) is 14.9. The number of halogens is 2. The van der Waals surface area contributed by atoms with Gasteiger partial charge in [-0.3, -0.25) is 4.99 Å². The average Bonchev–Trinajstić information content (AvgIpc) is 2.91. The van der Waals surface area contributed by atoms with Gasteiger partial charge in [-0.05, 0) is 25.1 Å². The second kappa shape index (κ2) is 8.24. The van der Waals surface area contributed by atoms with Crippen molar-refractivity contribution in [2.45, 2.75) is 19.9 Å². The topological polar surface area (TPSA) is 49.3 Å². The van der Waals surface area contributed by atoms with Crippen LogP contribution in [0.4, 0.5) is 4.39 Å². The van der Waals surface area contributed by atoms with Gasteiger partial charge in [0.05, 0.1) is 5.01 Å². The summed E-state index contributed by atoms with van der Waals surface area (Å²) in [6, 6.07) is 4.89. The van der Waals surface area contributed by atoms with E-state index in [1.807, 2.05) is 13.1 Å². The lowest BCUT2D eigenvalue weighted by Crippen LogP contribution is -2.38. The first-order valence-electron chi connectivity index (χ1n) is 6.88. The minimum absolute atomic E-state index is 0.232. The molecule has 0 spiro atoms. The molecule has 2 aromatic rings. The Hall–Kier alpha value is -1.47. The number of aliphatic imine (C=N–C) groups is 1. The predicted octanol–water partition coefficient (Wildman–Crippen LogP) is 3.26. The Morgan fingerprint density at radius 3 is 2.91 bits per heavy atom. The summed E-state index contributed by atoms with van der Waals surface area (Å²) in [7, 11) is 1.69. The molecule has 0 aliphatic heterocycles. The second-order valence-corrected chi connectivity index (χ2v) is 6.94. The molecule has 0 bridgehead atoms. The van der Waals surface area contributed by atoms with E-state index in [-0.39, 0.29) is 5.82 Å². The van der Waals surface area contributed by atoms with Crippen molar-refractivity contribution in [2.75, 3.05) is 13.6 Å². The second-order valence-electron chi connectivity index (χ2n) is 4.70. The molecule has 1 aromatic heterocycles. The zero-order chi connectivity index (χ0) is 15.9. The van der Waals surface area contributed by atoms with E-state index in [0.29, 0.717) is 18.1 Å². The van der Waals surface area contributed by atoms with Crippen LogP contribution in [0.25, 0.3) is 0 Å². The molecule has 118 valence electrons. The molecular formula is C15H18BrFN4S. The van der Waals surface area contributed by atoms with Crippen molar-refractivity contribution in [1.82, 2.24) is 15.6 Å². The van der Waals surface area contributed by atoms with Crippen LogP contribution >= 0.6 is 27.3 Å². The maximum atomic E-state index is 13.7. The van der Waals surface area contributed by atoms with E-state index in [0.717, 1.165) is 22.4 Å². The number of hydrogen-bond donors (Lipinski definition) is 2. The lowest BCUT2D eigenvalue weighted by molar-refractivity contribution is 0.604. The molecule has 0 fully saturated rings. The predicted molar refractivity (Wildman–Crippen MR) is 92.9 cm³/mol. The average molecular weight is 385 g/mol. The van der Waals surface area contributed by atoms with Crippen molar-refractivity contribution in [2.24, 2.45) is 4.99 Å². The molecule has 0 saturated heterocycles. The van der Waals surface area contributed by atoms with E-state index in [1.54, 1.807) is 30.5 Å². The van der Waals surface area contributed by atoms with Crippen molar-refractivity contribution in [3.05, 3.63) is 50.1 Å². The van der Waals surface area contributed by atoms with Gasteiger partial charge in [0.25, 0.3) is 0 Å². The van der Waals surface area contributed by atoms with E-state index in [2.05, 4.69) is 36.5 Å². The highest BCUT2D eigenvalue weighted by molar-refractivity contribution is 9.10. The molecule has 1 heterocycles. The molecule has 2 N–H and O–H groups in total. The van der Waals surface area contributed by atoms with Gasteiger partial charge >= 0.3 is 0 Å². The van der Waals surface area contributed by atoms with Gasteiger partial charge in [0.1, 0.15) is 5.82 Å². The van der Waals surface area contributed by atoms with Crippen molar-refractivity contribution in [3.8, 4) is 0 Å². The lowest BCUT2D eigenvalue weighted by atomic mass is 10.2. The van der Waals surface area contributed by atoms with E-state index < -0.39 is 0 Å². The number of aromatic nitrogens is 1. The fourth-order valence-corrected chi connectivity index (χ4v) is 3.08. The van der Waals surface area contributed by atoms with E-state index in [1.165, 1.54) is 10.9 Å². The summed E-state index contributed by atoms with van der Waals surface area (Å²) in [4.78, 5) is 9.66. The van der Waals surface area contributed by atoms with E-state index in [4.69, 9.17) is 0 Å². The van der Waals surface area contributed by atoms with Crippen LogP contribution in [0.5, 0.6) is 0 Å². The lowest BCUT2D eigenvalue weighted by Gasteiger charge is -2.12. The van der Waals surface area contributed by atoms with Gasteiger partial charge in [0, 0.05) is 47.7 Å². The maximum absolute atomic E-state index is 13.7. The molecule has 7 heteroatoms. The summed E-state index contributed by atoms with van der Waals surface area (Å²) in [5.41, 5.74) is 0.591. The molecular weight excluding hydrogens is 367 g/mol. The summed E-state index contributed by atoms with van der Waals surface area (Å²) in [6.07, 6.45) is 2.72. The smallest absolute Gasteiger partial charge is 0.191 e. The van der Waals surface area contributed by atoms with Crippen LogP contribution in [0.1, 0.15) is 15.4 Å². The van der Waals surface area contributed by atoms with Gasteiger partial charge < -0.3 is 10.6 Å². The summed E-state index contributed by atoms with van der Waals surface area (Å²) >= 11 is 5.04. The Morgan fingerprint density at radius 2 is 2.23 bits per heavy atom. The van der Waals surface area contributed by atoms with E-state index >= 15 is 0 Å². The first-order chi connectivity index (χ1) is 10.6. The summed E-state index contributed by atoms with van der Waals surface area (Å²) in [5, 5.41) is 7.40. The number of guanidine groups is 1. The number of benzene rings is 1. The van der Waals surface area contributed by atoms with Gasteiger partial charge in [0.15, 0.2) is 5.96 Å². The zero-order valence-electron chi connectivity index (χ0n) is 12.5. The van der Waals surface area contributed by atoms with Crippen molar-refractivity contribution >= 4 is 33.2 Å². The van der Waals surface area contributed by atoms with Gasteiger partial charge in [-0.1, -0.05) is 15.9 Å². The number of rotatable bonds is 5. The first-order valence-corrected chi connectivity index (χ1v) is 8.49. The summed E-state index contributed by atoms with van der Waals surface area (Å²) in [5.74, 6) is 0.414. The molecule has 22 heavy (non-hydrogen) atoms. The Morgan fingerprint density at radius 1 is 1.41 bits per heavy atom. The molecule has 4 nitrogen and oxygen atoms in total. The van der Waals surface area contributed by atoms with Crippen molar-refractivity contribution in [1.29, 1.82) is 0 Å². The summed E-state index contributed by atoms with van der Waals surface area (Å²) in [6.45, 7) is 3.15. The van der Waals surface area contributed by atoms with Gasteiger partial charge in [0.2, 0.25) is 0 Å². The Balaban J connectivity index is 1.81. The Labute approximate surface area is 142 Å². The molecule has 0 atom stereocenters. The van der Waals surface area contributed by atoms with Crippen LogP contribution in [0, 0.1) is 12.7 Å². The highest BCUT2D eigenvalue weighted by atomic mass is 79.9. The third-order valence-corrected chi connectivity index (χ3v) is 4.44. The quantitative estimate of drug-likeness (QED) is 0.614. The van der Waals surface area contributed by atoms with Crippen LogP contribution in [-0.2, 0) is 13.0 Å². The molecule has 0 saturated carbocycles. The first kappa shape index (κ1) is 16.9. The number of aryl methyl sites for hydroxylation is 1. The minimum atomic E-state index is -0.232. The van der Waals surface area contributed by atoms with Crippen molar-refractivity contribution < 1.29 is 4.39 Å². The summed E-state index contributed by atoms with van der Waals surface area (Å²) < 4.78 is 14.5. The molecule has 0 aliphatic rings. The molecule has 0 unspecified atom stereocenters. The van der Waals surface area contributed by atoms with E-state index in [9.17, 15) is 4.39 Å². The van der Waals surface area contributed by atoms with Crippen LogP contribution < -0.4 is 10.6 Å². The third kappa shape index (κ3) is 5.06. The number of nitrogens with one attached hydrogen (secondary N) is 2. The third-order valence-electron chi connectivity index (χ3n) is 2.98. The largest absolute Gasteiger partial charge is 0.356 e. The Kier molecular flexibility index (Phi) is 6.33.